The molecule has 0 amide bonds. The molecule has 0 atom stereocenters. The van der Waals surface area contributed by atoms with E-state index >= 15 is 0 Å². The van der Waals surface area contributed by atoms with Crippen molar-refractivity contribution in [2.75, 3.05) is 26.3 Å². The molecule has 158 valence electrons. The van der Waals surface area contributed by atoms with Crippen molar-refractivity contribution in [1.29, 1.82) is 0 Å². The Bertz CT molecular complexity index is 553. The summed E-state index contributed by atoms with van der Waals surface area (Å²) in [6.07, 6.45) is 10.7. The lowest BCUT2D eigenvalue weighted by molar-refractivity contribution is -0.115. The molecule has 1 spiro atoms. The van der Waals surface area contributed by atoms with E-state index in [4.69, 9.17) is 10.2 Å². The molecule has 4 nitrogen and oxygen atoms in total. The highest BCUT2D eigenvalue weighted by Gasteiger charge is 2.53. The van der Waals surface area contributed by atoms with Crippen LogP contribution in [-0.2, 0) is 0 Å². The van der Waals surface area contributed by atoms with Crippen molar-refractivity contribution in [3.05, 3.63) is 42.0 Å². The topological polar surface area (TPSA) is 55.7 Å². The van der Waals surface area contributed by atoms with E-state index in [0.717, 1.165) is 31.6 Å². The lowest BCUT2D eigenvalue weighted by Gasteiger charge is -2.61. The van der Waals surface area contributed by atoms with Gasteiger partial charge in [0, 0.05) is 25.2 Å². The largest absolute Gasteiger partial charge is 0.395 e. The fourth-order valence-electron chi connectivity index (χ4n) is 4.13. The van der Waals surface area contributed by atoms with Crippen molar-refractivity contribution in [2.24, 2.45) is 5.41 Å². The number of hydrogen-bond donors (Lipinski definition) is 3. The van der Waals surface area contributed by atoms with Gasteiger partial charge in [-0.15, -0.1) is 0 Å². The highest BCUT2D eigenvalue weighted by molar-refractivity contribution is 5.48. The number of likely N-dealkylation sites (tertiary alicyclic amines) is 1. The summed E-state index contributed by atoms with van der Waals surface area (Å²) in [5.41, 5.74) is 1.80. The average molecular weight is 389 g/mol. The first-order valence-electron chi connectivity index (χ1n) is 11.1. The highest BCUT2D eigenvalue weighted by Crippen LogP contribution is 2.49. The third-order valence-electron chi connectivity index (χ3n) is 5.77. The summed E-state index contributed by atoms with van der Waals surface area (Å²) in [5.74, 6) is 0. The molecule has 1 aromatic rings. The Morgan fingerprint density at radius 1 is 1.07 bits per heavy atom. The van der Waals surface area contributed by atoms with E-state index < -0.39 is 0 Å². The summed E-state index contributed by atoms with van der Waals surface area (Å²) in [4.78, 5) is 2.22. The summed E-state index contributed by atoms with van der Waals surface area (Å²) in [5, 5.41) is 21.8. The number of rotatable bonds is 7. The molecule has 3 aliphatic rings. The normalized spacial score (nSPS) is 20.8. The summed E-state index contributed by atoms with van der Waals surface area (Å²) in [6.45, 7) is 8.44. The van der Waals surface area contributed by atoms with Crippen LogP contribution in [0.25, 0.3) is 6.08 Å². The molecule has 3 N–H and O–H groups in total. The Hall–Kier alpha value is -1.20. The number of hydrogen-bond acceptors (Lipinski definition) is 4. The van der Waals surface area contributed by atoms with Crippen LogP contribution in [0.15, 0.2) is 36.4 Å². The van der Waals surface area contributed by atoms with Gasteiger partial charge in [0.2, 0.25) is 0 Å². The minimum atomic E-state index is -0.0268. The van der Waals surface area contributed by atoms with E-state index in [1.165, 1.54) is 31.2 Å². The van der Waals surface area contributed by atoms with Gasteiger partial charge in [0.1, 0.15) is 0 Å². The van der Waals surface area contributed by atoms with Crippen LogP contribution in [0.5, 0.6) is 0 Å². The number of benzene rings is 1. The molecule has 1 aromatic carbocycles. The second-order valence-corrected chi connectivity index (χ2v) is 8.19. The van der Waals surface area contributed by atoms with Crippen molar-refractivity contribution in [2.45, 2.75) is 71.0 Å². The molecule has 3 fully saturated rings. The Labute approximate surface area is 171 Å². The maximum atomic E-state index is 9.09. The van der Waals surface area contributed by atoms with Gasteiger partial charge < -0.3 is 15.5 Å². The summed E-state index contributed by atoms with van der Waals surface area (Å²) in [7, 11) is 0. The Morgan fingerprint density at radius 2 is 1.68 bits per heavy atom. The quantitative estimate of drug-likeness (QED) is 0.667. The van der Waals surface area contributed by atoms with E-state index in [2.05, 4.69) is 53.6 Å². The molecule has 1 heterocycles. The van der Waals surface area contributed by atoms with Crippen LogP contribution >= 0.6 is 0 Å². The van der Waals surface area contributed by atoms with Crippen LogP contribution in [-0.4, -0.2) is 59.5 Å². The standard InChI is InChI=1S/C12H22N2O2.C10H12.C2H6/c15-5-11(6-16)14-7-12(8-14)3-10(4-12)13-9-1-2-9;1-2-3-7-10-8-5-4-6-9-10;1-2/h9-11,13,15-16H,1-8H2;3-9H,2H2,1H3;1-2H3/b;7-3-;. The van der Waals surface area contributed by atoms with Gasteiger partial charge >= 0.3 is 0 Å². The van der Waals surface area contributed by atoms with Gasteiger partial charge in [-0.25, -0.2) is 0 Å². The minimum absolute atomic E-state index is 0.0268. The van der Waals surface area contributed by atoms with E-state index in [9.17, 15) is 0 Å². The maximum Gasteiger partial charge on any atom is 0.0609 e. The second-order valence-electron chi connectivity index (χ2n) is 8.19. The molecule has 2 aliphatic carbocycles. The molecule has 1 saturated heterocycles. The van der Waals surface area contributed by atoms with E-state index in [-0.39, 0.29) is 19.3 Å². The van der Waals surface area contributed by atoms with Crippen LogP contribution in [0.1, 0.15) is 58.4 Å². The Balaban J connectivity index is 0.000000202. The summed E-state index contributed by atoms with van der Waals surface area (Å²) in [6, 6.07) is 11.9. The molecule has 0 radical (unpaired) electrons. The number of aliphatic hydroxyl groups is 2. The van der Waals surface area contributed by atoms with Crippen LogP contribution < -0.4 is 5.32 Å². The number of nitrogens with zero attached hydrogens (tertiary/aromatic N) is 1. The van der Waals surface area contributed by atoms with Gasteiger partial charge in [-0.2, -0.15) is 0 Å². The zero-order valence-corrected chi connectivity index (χ0v) is 18.0. The van der Waals surface area contributed by atoms with Crippen molar-refractivity contribution in [1.82, 2.24) is 10.2 Å². The molecule has 0 unspecified atom stereocenters. The highest BCUT2D eigenvalue weighted by atomic mass is 16.3. The van der Waals surface area contributed by atoms with Crippen LogP contribution in [0.3, 0.4) is 0 Å². The van der Waals surface area contributed by atoms with Gasteiger partial charge in [0.15, 0.2) is 0 Å². The fraction of sp³-hybridized carbons (Fsp3) is 0.667. The first kappa shape index (κ1) is 23.1. The van der Waals surface area contributed by atoms with Gasteiger partial charge in [0.05, 0.1) is 19.3 Å². The fourth-order valence-corrected chi connectivity index (χ4v) is 4.13. The monoisotopic (exact) mass is 388 g/mol. The summed E-state index contributed by atoms with van der Waals surface area (Å²) >= 11 is 0. The van der Waals surface area contributed by atoms with Crippen molar-refractivity contribution >= 4 is 6.08 Å². The minimum Gasteiger partial charge on any atom is -0.395 e. The average Bonchev–Trinajstić information content (AvgIpc) is 3.50. The lowest BCUT2D eigenvalue weighted by atomic mass is 9.60. The van der Waals surface area contributed by atoms with Crippen LogP contribution in [0.2, 0.25) is 0 Å². The van der Waals surface area contributed by atoms with Crippen molar-refractivity contribution < 1.29 is 10.2 Å². The van der Waals surface area contributed by atoms with Gasteiger partial charge in [-0.1, -0.05) is 63.3 Å². The predicted molar refractivity (Wildman–Crippen MR) is 118 cm³/mol. The van der Waals surface area contributed by atoms with Crippen molar-refractivity contribution in [3.8, 4) is 0 Å². The molecule has 1 aliphatic heterocycles. The number of aliphatic hydroxyl groups excluding tert-OH is 2. The lowest BCUT2D eigenvalue weighted by Crippen LogP contribution is -2.69. The molecule has 4 heteroatoms. The molecule has 0 aromatic heterocycles. The maximum absolute atomic E-state index is 9.09. The predicted octanol–water partition coefficient (Wildman–Crippen LogP) is 3.69. The number of nitrogens with one attached hydrogen (secondary N) is 1. The molecular formula is C24H40N2O2. The first-order chi connectivity index (χ1) is 13.7. The SMILES string of the molecule is CC.CC/C=C\c1ccccc1.OCC(CO)N1CC2(CC(NC3CC3)C2)C1. The third-order valence-corrected chi connectivity index (χ3v) is 5.77. The van der Waals surface area contributed by atoms with Crippen LogP contribution in [0, 0.1) is 5.41 Å². The van der Waals surface area contributed by atoms with Crippen molar-refractivity contribution in [3.63, 3.8) is 0 Å². The molecule has 4 rings (SSSR count). The number of allylic oxidation sites excluding steroid dienone is 1. The molecule has 0 bridgehead atoms. The van der Waals surface area contributed by atoms with Gasteiger partial charge in [-0.3, -0.25) is 4.90 Å². The molecular weight excluding hydrogens is 348 g/mol. The van der Waals surface area contributed by atoms with Gasteiger partial charge in [0.25, 0.3) is 0 Å². The van der Waals surface area contributed by atoms with Gasteiger partial charge in [-0.05, 0) is 43.1 Å². The van der Waals surface area contributed by atoms with E-state index in [1.54, 1.807) is 0 Å². The second kappa shape index (κ2) is 11.7. The summed E-state index contributed by atoms with van der Waals surface area (Å²) < 4.78 is 0. The van der Waals surface area contributed by atoms with E-state index in [1.807, 2.05) is 19.9 Å². The smallest absolute Gasteiger partial charge is 0.0609 e. The zero-order valence-electron chi connectivity index (χ0n) is 18.0. The zero-order chi connectivity index (χ0) is 20.4. The third kappa shape index (κ3) is 6.70. The Morgan fingerprint density at radius 3 is 2.18 bits per heavy atom. The first-order valence-corrected chi connectivity index (χ1v) is 11.1. The van der Waals surface area contributed by atoms with E-state index in [0.29, 0.717) is 5.41 Å². The molecule has 2 saturated carbocycles. The molecule has 28 heavy (non-hydrogen) atoms. The Kier molecular flexibility index (Phi) is 9.66. The van der Waals surface area contributed by atoms with Crippen LogP contribution in [0.4, 0.5) is 0 Å².